The van der Waals surface area contributed by atoms with E-state index in [0.717, 1.165) is 53.9 Å². The smallest absolute Gasteiger partial charge is 0.396 e. The number of rotatable bonds is 18. The second-order valence-corrected chi connectivity index (χ2v) is 16.1. The number of hydrogen-bond acceptors (Lipinski definition) is 20. The van der Waals surface area contributed by atoms with E-state index in [2.05, 4.69) is 78.6 Å². The summed E-state index contributed by atoms with van der Waals surface area (Å²) in [5.74, 6) is 0.809. The average molecular weight is 862 g/mol. The molecule has 0 spiro atoms. The molecule has 3 aromatic heterocycles. The number of anilines is 6. The van der Waals surface area contributed by atoms with Crippen LogP contribution in [0.2, 0.25) is 0 Å². The third-order valence-corrected chi connectivity index (χ3v) is 11.4. The first-order valence-electron chi connectivity index (χ1n) is 16.9. The molecule has 0 saturated carbocycles. The standard InChI is InChI=1S/C33H39N11O4S4.O3S/c1-5-43(6-2)22-11-13-24(39-41-28-10-9-18-49-28)26(20-22)34-31-36-32(38-33(37-31)50-19-17-45)35-27-21-23(44(7-3)8-4)12-14-25(27)40-42-29-15-16-30(51-29)52(46,47)48;1-4(2)3/h9-16,18,20-21,45H,5-8,17,19H2,1-4H3,(H,46,47,48)(H2,34,35,36,37,38);. The number of nitrogens with one attached hydrogen (secondary N) is 2. The summed E-state index contributed by atoms with van der Waals surface area (Å²) in [6, 6.07) is 18.1. The zero-order valence-corrected chi connectivity index (χ0v) is 34.7. The molecule has 0 radical (unpaired) electrons. The molecular weight excluding hydrogens is 823 g/mol. The summed E-state index contributed by atoms with van der Waals surface area (Å²) in [5.41, 5.74) is 4.10. The lowest BCUT2D eigenvalue weighted by Crippen LogP contribution is -2.21. The number of benzene rings is 2. The van der Waals surface area contributed by atoms with Crippen LogP contribution < -0.4 is 20.4 Å². The van der Waals surface area contributed by atoms with Crippen LogP contribution in [0.5, 0.6) is 0 Å². The Morgan fingerprint density at radius 1 is 0.750 bits per heavy atom. The topological polar surface area (TPSA) is 244 Å². The summed E-state index contributed by atoms with van der Waals surface area (Å²) < 4.78 is 57.7. The first kappa shape index (κ1) is 43.8. The van der Waals surface area contributed by atoms with Gasteiger partial charge in [0.15, 0.2) is 5.16 Å². The maximum Gasteiger partial charge on any atom is 0.425 e. The van der Waals surface area contributed by atoms with Crippen LogP contribution in [-0.4, -0.2) is 84.2 Å². The minimum Gasteiger partial charge on any atom is -0.396 e. The Morgan fingerprint density at radius 3 is 1.70 bits per heavy atom. The maximum atomic E-state index is 11.6. The summed E-state index contributed by atoms with van der Waals surface area (Å²) in [6.45, 7) is 11.4. The molecule has 298 valence electrons. The van der Waals surface area contributed by atoms with Gasteiger partial charge in [0, 0.05) is 43.3 Å². The van der Waals surface area contributed by atoms with E-state index in [9.17, 15) is 18.1 Å². The molecule has 0 aliphatic rings. The van der Waals surface area contributed by atoms with Gasteiger partial charge in [0.25, 0.3) is 0 Å². The molecular formula is C33H39N11O7S5. The van der Waals surface area contributed by atoms with E-state index >= 15 is 0 Å². The number of azo groups is 2. The van der Waals surface area contributed by atoms with Crippen molar-refractivity contribution < 1.29 is 30.7 Å². The van der Waals surface area contributed by atoms with Crippen molar-refractivity contribution in [3.63, 3.8) is 0 Å². The van der Waals surface area contributed by atoms with Crippen LogP contribution in [0.25, 0.3) is 0 Å². The van der Waals surface area contributed by atoms with E-state index in [1.54, 1.807) is 6.07 Å². The van der Waals surface area contributed by atoms with Gasteiger partial charge < -0.3 is 25.5 Å². The van der Waals surface area contributed by atoms with Gasteiger partial charge in [-0.3, -0.25) is 4.55 Å². The van der Waals surface area contributed by atoms with Crippen molar-refractivity contribution in [2.24, 2.45) is 20.5 Å². The number of thioether (sulfide) groups is 1. The Labute approximate surface area is 337 Å². The van der Waals surface area contributed by atoms with Crippen LogP contribution in [0.15, 0.2) is 95.9 Å². The predicted molar refractivity (Wildman–Crippen MR) is 221 cm³/mol. The highest BCUT2D eigenvalue weighted by atomic mass is 32.3. The van der Waals surface area contributed by atoms with Gasteiger partial charge in [0.05, 0.1) is 18.0 Å². The molecule has 4 N–H and O–H groups in total. The fourth-order valence-corrected chi connectivity index (χ4v) is 7.54. The Bertz CT molecular complexity index is 2330. The van der Waals surface area contributed by atoms with Crippen LogP contribution in [0, 0.1) is 0 Å². The summed E-state index contributed by atoms with van der Waals surface area (Å²) >= 11 is 3.55. The zero-order chi connectivity index (χ0) is 40.7. The highest BCUT2D eigenvalue weighted by molar-refractivity contribution is 7.99. The number of aromatic nitrogens is 3. The fourth-order valence-electron chi connectivity index (χ4n) is 4.94. The molecule has 56 heavy (non-hydrogen) atoms. The van der Waals surface area contributed by atoms with Gasteiger partial charge in [0.2, 0.25) is 11.9 Å². The van der Waals surface area contributed by atoms with Crippen LogP contribution >= 0.6 is 34.4 Å². The van der Waals surface area contributed by atoms with Crippen molar-refractivity contribution >= 4 is 111 Å². The Balaban J connectivity index is 0.00000166. The highest BCUT2D eigenvalue weighted by Crippen LogP contribution is 2.37. The molecule has 18 nitrogen and oxygen atoms in total. The van der Waals surface area contributed by atoms with Crippen molar-refractivity contribution in [3.8, 4) is 0 Å². The molecule has 0 saturated heterocycles. The van der Waals surface area contributed by atoms with Gasteiger partial charge in [-0.05, 0) is 93.7 Å². The summed E-state index contributed by atoms with van der Waals surface area (Å²) in [7, 11) is -7.47. The molecule has 0 bridgehead atoms. The van der Waals surface area contributed by atoms with Gasteiger partial charge in [-0.1, -0.05) is 11.8 Å². The molecule has 0 aliphatic heterocycles. The molecule has 0 aliphatic carbocycles. The van der Waals surface area contributed by atoms with E-state index in [0.29, 0.717) is 38.7 Å². The lowest BCUT2D eigenvalue weighted by molar-refractivity contribution is 0.322. The normalized spacial score (nSPS) is 11.4. The zero-order valence-electron chi connectivity index (χ0n) is 30.6. The van der Waals surface area contributed by atoms with Gasteiger partial charge in [-0.15, -0.1) is 55.8 Å². The second-order valence-electron chi connectivity index (χ2n) is 11.0. The first-order chi connectivity index (χ1) is 26.9. The molecule has 0 amide bonds. The molecule has 5 rings (SSSR count). The minimum absolute atomic E-state index is 0.0699. The van der Waals surface area contributed by atoms with Crippen molar-refractivity contribution in [2.75, 3.05) is 59.0 Å². The molecule has 0 fully saturated rings. The molecule has 0 unspecified atom stereocenters. The second kappa shape index (κ2) is 21.4. The van der Waals surface area contributed by atoms with Crippen LogP contribution in [0.4, 0.5) is 56.0 Å². The third kappa shape index (κ3) is 13.1. The molecule has 0 atom stereocenters. The summed E-state index contributed by atoms with van der Waals surface area (Å²) in [4.78, 5) is 18.4. The van der Waals surface area contributed by atoms with Crippen molar-refractivity contribution in [1.29, 1.82) is 0 Å². The van der Waals surface area contributed by atoms with Gasteiger partial charge in [0.1, 0.15) is 25.6 Å². The van der Waals surface area contributed by atoms with Crippen LogP contribution in [0.1, 0.15) is 27.7 Å². The number of aliphatic hydroxyl groups excluding tert-OH is 1. The number of hydrogen-bond donors (Lipinski definition) is 4. The Hall–Kier alpha value is -4.91. The lowest BCUT2D eigenvalue weighted by Gasteiger charge is -2.22. The Kier molecular flexibility index (Phi) is 16.7. The number of nitrogens with zero attached hydrogens (tertiary/aromatic N) is 9. The largest absolute Gasteiger partial charge is 0.425 e. The third-order valence-electron chi connectivity index (χ3n) is 7.49. The molecule has 3 heterocycles. The van der Waals surface area contributed by atoms with E-state index in [1.165, 1.54) is 35.2 Å². The lowest BCUT2D eigenvalue weighted by atomic mass is 10.2. The van der Waals surface area contributed by atoms with Gasteiger partial charge >= 0.3 is 20.7 Å². The van der Waals surface area contributed by atoms with Crippen molar-refractivity contribution in [2.45, 2.75) is 37.1 Å². The summed E-state index contributed by atoms with van der Waals surface area (Å²) in [5, 5.41) is 37.2. The van der Waals surface area contributed by atoms with Gasteiger partial charge in [-0.2, -0.15) is 23.4 Å². The average Bonchev–Trinajstić information content (AvgIpc) is 3.87. The van der Waals surface area contributed by atoms with E-state index in [4.69, 9.17) is 17.6 Å². The predicted octanol–water partition coefficient (Wildman–Crippen LogP) is 8.33. The quantitative estimate of drug-likeness (QED) is 0.0367. The van der Waals surface area contributed by atoms with E-state index < -0.39 is 20.7 Å². The number of aliphatic hydroxyl groups is 1. The van der Waals surface area contributed by atoms with E-state index in [1.807, 2.05) is 47.8 Å². The molecule has 5 aromatic rings. The Morgan fingerprint density at radius 2 is 1.27 bits per heavy atom. The van der Waals surface area contributed by atoms with Crippen molar-refractivity contribution in [3.05, 3.63) is 66.0 Å². The number of thiophene rings is 2. The first-order valence-corrected chi connectivity index (χ1v) is 22.0. The van der Waals surface area contributed by atoms with Crippen LogP contribution in [-0.2, 0) is 20.7 Å². The SMILES string of the molecule is CCN(CC)c1ccc(N=Nc2cccs2)c(Nc2nc(Nc3cc(N(CC)CC)ccc3N=Nc3ccc(S(=O)(=O)O)s3)nc(SCCO)n2)c1.O=S(=O)=O. The molecule has 23 heteroatoms. The van der Waals surface area contributed by atoms with Crippen molar-refractivity contribution in [1.82, 2.24) is 15.0 Å². The van der Waals surface area contributed by atoms with Gasteiger partial charge in [-0.25, -0.2) is 0 Å². The monoisotopic (exact) mass is 861 g/mol. The minimum atomic E-state index is -4.36. The fraction of sp³-hybridized carbons (Fsp3) is 0.303. The molecule has 2 aromatic carbocycles. The van der Waals surface area contributed by atoms with Crippen LogP contribution in [0.3, 0.4) is 0 Å². The maximum absolute atomic E-state index is 11.6. The summed E-state index contributed by atoms with van der Waals surface area (Å²) in [6.07, 6.45) is 0. The van der Waals surface area contributed by atoms with E-state index in [-0.39, 0.29) is 22.7 Å². The highest BCUT2D eigenvalue weighted by Gasteiger charge is 2.16.